The van der Waals surface area contributed by atoms with Gasteiger partial charge in [0, 0.05) is 5.39 Å². The lowest BCUT2D eigenvalue weighted by Gasteiger charge is -2.15. The molecule has 1 aromatic carbocycles. The second kappa shape index (κ2) is 9.07. The van der Waals surface area contributed by atoms with E-state index >= 15 is 0 Å². The monoisotopic (exact) mass is 485 g/mol. The number of aromatic nitrogens is 1. The van der Waals surface area contributed by atoms with Gasteiger partial charge in [0.1, 0.15) is 5.00 Å². The number of carbonyl (C=O) groups is 3. The quantitative estimate of drug-likeness (QED) is 0.375. The summed E-state index contributed by atoms with van der Waals surface area (Å²) in [5, 5.41) is 5.12. The molecule has 0 saturated carbocycles. The normalized spacial score (nSPS) is 11.8. The number of fused-ring (bicyclic) bond motifs is 1. The van der Waals surface area contributed by atoms with Gasteiger partial charge in [0.25, 0.3) is 11.8 Å². The van der Waals surface area contributed by atoms with Crippen LogP contribution in [0.25, 0.3) is 21.5 Å². The summed E-state index contributed by atoms with van der Waals surface area (Å²) in [7, 11) is 0. The summed E-state index contributed by atoms with van der Waals surface area (Å²) in [5.41, 5.74) is 6.97. The molecule has 0 bridgehead atoms. The molecular formula is C22H16ClN3O4S2. The number of nitrogens with two attached hydrogens (primary N) is 1. The Labute approximate surface area is 195 Å². The van der Waals surface area contributed by atoms with Gasteiger partial charge in [-0.25, -0.2) is 9.78 Å². The molecule has 10 heteroatoms. The highest BCUT2D eigenvalue weighted by atomic mass is 35.5. The van der Waals surface area contributed by atoms with Gasteiger partial charge in [0.2, 0.25) is 0 Å². The molecule has 3 heterocycles. The van der Waals surface area contributed by atoms with Crippen molar-refractivity contribution in [3.05, 3.63) is 69.4 Å². The Balaban J connectivity index is 1.59. The third-order valence-corrected chi connectivity index (χ3v) is 6.67. The lowest BCUT2D eigenvalue weighted by atomic mass is 10.1. The first-order chi connectivity index (χ1) is 15.3. The van der Waals surface area contributed by atoms with Gasteiger partial charge < -0.3 is 15.8 Å². The maximum absolute atomic E-state index is 13.0. The average Bonchev–Trinajstić information content (AvgIpc) is 3.41. The van der Waals surface area contributed by atoms with Crippen molar-refractivity contribution >= 4 is 68.0 Å². The minimum atomic E-state index is -1.11. The Morgan fingerprint density at radius 2 is 1.91 bits per heavy atom. The fourth-order valence-corrected chi connectivity index (χ4v) is 4.81. The van der Waals surface area contributed by atoms with Gasteiger partial charge in [-0.15, -0.1) is 22.7 Å². The molecule has 7 nitrogen and oxygen atoms in total. The largest absolute Gasteiger partial charge is 0.449 e. The van der Waals surface area contributed by atoms with Crippen LogP contribution >= 0.6 is 34.3 Å². The second-order valence-corrected chi connectivity index (χ2v) is 9.37. The fourth-order valence-electron chi connectivity index (χ4n) is 3.01. The number of hydrogen-bond donors (Lipinski definition) is 2. The predicted molar refractivity (Wildman–Crippen MR) is 126 cm³/mol. The molecule has 4 rings (SSSR count). The zero-order valence-electron chi connectivity index (χ0n) is 16.6. The highest BCUT2D eigenvalue weighted by Crippen LogP contribution is 2.32. The molecule has 0 spiro atoms. The summed E-state index contributed by atoms with van der Waals surface area (Å²) in [6, 6.07) is 13.9. The van der Waals surface area contributed by atoms with Crippen molar-refractivity contribution in [2.45, 2.75) is 13.0 Å². The van der Waals surface area contributed by atoms with Crippen LogP contribution in [0.5, 0.6) is 0 Å². The van der Waals surface area contributed by atoms with E-state index in [2.05, 4.69) is 10.3 Å². The minimum Gasteiger partial charge on any atom is -0.449 e. The maximum atomic E-state index is 13.0. The summed E-state index contributed by atoms with van der Waals surface area (Å²) < 4.78 is 6.04. The maximum Gasteiger partial charge on any atom is 0.339 e. The SMILES string of the molecule is CC(OC(=O)c1cc(-c2ccc(Cl)s2)nc2ccccc12)C(=O)Nc1sccc1C(N)=O. The highest BCUT2D eigenvalue weighted by molar-refractivity contribution is 7.19. The first-order valence-corrected chi connectivity index (χ1v) is 11.5. The number of rotatable bonds is 6. The van der Waals surface area contributed by atoms with Crippen LogP contribution in [0.15, 0.2) is 53.9 Å². The summed E-state index contributed by atoms with van der Waals surface area (Å²) in [5.74, 6) is -1.90. The number of benzene rings is 1. The Morgan fingerprint density at radius 3 is 2.62 bits per heavy atom. The number of hydrogen-bond acceptors (Lipinski definition) is 7. The molecule has 3 N–H and O–H groups in total. The predicted octanol–water partition coefficient (Wildman–Crippen LogP) is 4.96. The third-order valence-electron chi connectivity index (χ3n) is 4.58. The van der Waals surface area contributed by atoms with Gasteiger partial charge in [-0.1, -0.05) is 29.8 Å². The number of anilines is 1. The molecule has 0 radical (unpaired) electrons. The molecule has 1 atom stereocenters. The van der Waals surface area contributed by atoms with E-state index in [1.54, 1.807) is 35.7 Å². The zero-order valence-corrected chi connectivity index (χ0v) is 19.0. The van der Waals surface area contributed by atoms with Gasteiger partial charge in [-0.3, -0.25) is 9.59 Å². The molecule has 2 amide bonds. The van der Waals surface area contributed by atoms with Gasteiger partial charge in [-0.2, -0.15) is 0 Å². The number of esters is 1. The number of nitrogens with zero attached hydrogens (tertiary/aromatic N) is 1. The van der Waals surface area contributed by atoms with E-state index < -0.39 is 23.9 Å². The number of para-hydroxylation sites is 1. The van der Waals surface area contributed by atoms with Crippen molar-refractivity contribution in [2.24, 2.45) is 5.73 Å². The van der Waals surface area contributed by atoms with Crippen LogP contribution in [0.3, 0.4) is 0 Å². The van der Waals surface area contributed by atoms with Crippen LogP contribution in [0.1, 0.15) is 27.6 Å². The molecule has 162 valence electrons. The lowest BCUT2D eigenvalue weighted by molar-refractivity contribution is -0.123. The topological polar surface area (TPSA) is 111 Å². The molecule has 0 aliphatic rings. The Bertz CT molecular complexity index is 1350. The van der Waals surface area contributed by atoms with Crippen molar-refractivity contribution in [2.75, 3.05) is 5.32 Å². The summed E-state index contributed by atoms with van der Waals surface area (Å²) >= 11 is 8.55. The number of thiophene rings is 2. The first-order valence-electron chi connectivity index (χ1n) is 9.38. The third kappa shape index (κ3) is 4.50. The molecule has 1 unspecified atom stereocenters. The van der Waals surface area contributed by atoms with E-state index in [4.69, 9.17) is 22.1 Å². The van der Waals surface area contributed by atoms with Crippen molar-refractivity contribution in [3.8, 4) is 10.6 Å². The van der Waals surface area contributed by atoms with Gasteiger partial charge in [-0.05, 0) is 42.6 Å². The van der Waals surface area contributed by atoms with Crippen LogP contribution in [-0.2, 0) is 9.53 Å². The standard InChI is InChI=1S/C22H16ClN3O4S2/c1-11(20(28)26-21-13(19(24)27)8-9-31-21)30-22(29)14-10-16(17-6-7-18(23)32-17)25-15-5-3-2-4-12(14)15/h2-11H,1H3,(H2,24,27)(H,26,28). The summed E-state index contributed by atoms with van der Waals surface area (Å²) in [6.07, 6.45) is -1.11. The van der Waals surface area contributed by atoms with Gasteiger partial charge in [0.15, 0.2) is 6.10 Å². The molecule has 32 heavy (non-hydrogen) atoms. The summed E-state index contributed by atoms with van der Waals surface area (Å²) in [6.45, 7) is 1.45. The number of halogens is 1. The number of carbonyl (C=O) groups excluding carboxylic acids is 3. The number of pyridine rings is 1. The molecule has 4 aromatic rings. The van der Waals surface area contributed by atoms with Crippen molar-refractivity contribution in [3.63, 3.8) is 0 Å². The van der Waals surface area contributed by atoms with E-state index in [-0.39, 0.29) is 11.1 Å². The van der Waals surface area contributed by atoms with Crippen molar-refractivity contribution < 1.29 is 19.1 Å². The number of amides is 2. The Hall–Kier alpha value is -3.27. The molecule has 0 saturated heterocycles. The van der Waals surface area contributed by atoms with E-state index in [9.17, 15) is 14.4 Å². The zero-order chi connectivity index (χ0) is 22.8. The Kier molecular flexibility index (Phi) is 6.22. The molecular weight excluding hydrogens is 470 g/mol. The van der Waals surface area contributed by atoms with Crippen LogP contribution < -0.4 is 11.1 Å². The summed E-state index contributed by atoms with van der Waals surface area (Å²) in [4.78, 5) is 42.4. The lowest BCUT2D eigenvalue weighted by Crippen LogP contribution is -2.30. The van der Waals surface area contributed by atoms with E-state index in [0.717, 1.165) is 16.2 Å². The molecule has 3 aromatic heterocycles. The van der Waals surface area contributed by atoms with Crippen LogP contribution in [-0.4, -0.2) is 28.9 Å². The smallest absolute Gasteiger partial charge is 0.339 e. The van der Waals surface area contributed by atoms with Crippen molar-refractivity contribution in [1.82, 2.24) is 4.98 Å². The fraction of sp³-hybridized carbons (Fsp3) is 0.0909. The molecule has 0 aliphatic heterocycles. The van der Waals surface area contributed by atoms with Crippen LogP contribution in [0, 0.1) is 0 Å². The number of primary amides is 1. The van der Waals surface area contributed by atoms with E-state index in [0.29, 0.717) is 25.9 Å². The van der Waals surface area contributed by atoms with E-state index in [1.807, 2.05) is 12.1 Å². The van der Waals surface area contributed by atoms with Gasteiger partial charge >= 0.3 is 5.97 Å². The average molecular weight is 486 g/mol. The van der Waals surface area contributed by atoms with Crippen LogP contribution in [0.4, 0.5) is 5.00 Å². The van der Waals surface area contributed by atoms with Gasteiger partial charge in [0.05, 0.1) is 31.6 Å². The van der Waals surface area contributed by atoms with Crippen molar-refractivity contribution in [1.29, 1.82) is 0 Å². The molecule has 0 aliphatic carbocycles. The number of nitrogens with one attached hydrogen (secondary N) is 1. The van der Waals surface area contributed by atoms with E-state index in [1.165, 1.54) is 24.3 Å². The molecule has 0 fully saturated rings. The Morgan fingerprint density at radius 1 is 1.12 bits per heavy atom. The minimum absolute atomic E-state index is 0.196. The number of ether oxygens (including phenoxy) is 1. The first kappa shape index (κ1) is 21.9. The second-order valence-electron chi connectivity index (χ2n) is 6.74. The highest BCUT2D eigenvalue weighted by Gasteiger charge is 2.23. The van der Waals surface area contributed by atoms with Crippen LogP contribution in [0.2, 0.25) is 4.34 Å².